The van der Waals surface area contributed by atoms with Gasteiger partial charge in [0.05, 0.1) is 30.7 Å². The van der Waals surface area contributed by atoms with E-state index < -0.39 is 0 Å². The van der Waals surface area contributed by atoms with Gasteiger partial charge in [0.15, 0.2) is 0 Å². The zero-order chi connectivity index (χ0) is 21.1. The fraction of sp³-hybridized carbons (Fsp3) is 0.208. The van der Waals surface area contributed by atoms with Gasteiger partial charge in [-0.05, 0) is 50.1 Å². The third-order valence-corrected chi connectivity index (χ3v) is 4.97. The van der Waals surface area contributed by atoms with Crippen LogP contribution in [0.4, 0.5) is 5.69 Å². The smallest absolute Gasteiger partial charge is 0.255 e. The van der Waals surface area contributed by atoms with E-state index in [1.54, 1.807) is 6.20 Å². The zero-order valence-electron chi connectivity index (χ0n) is 17.5. The van der Waals surface area contributed by atoms with Gasteiger partial charge in [0.1, 0.15) is 0 Å². The lowest BCUT2D eigenvalue weighted by molar-refractivity contribution is 0.102. The van der Waals surface area contributed by atoms with Crippen molar-refractivity contribution in [3.63, 3.8) is 0 Å². The van der Waals surface area contributed by atoms with E-state index in [0.29, 0.717) is 24.3 Å². The molecule has 2 heterocycles. The van der Waals surface area contributed by atoms with Gasteiger partial charge in [-0.2, -0.15) is 10.2 Å². The fourth-order valence-electron chi connectivity index (χ4n) is 3.48. The predicted molar refractivity (Wildman–Crippen MR) is 118 cm³/mol. The number of hydrogen-bond donors (Lipinski definition) is 1. The van der Waals surface area contributed by atoms with Crippen LogP contribution in [0.5, 0.6) is 0 Å². The first-order valence-electron chi connectivity index (χ1n) is 9.95. The minimum Gasteiger partial charge on any atom is -0.319 e. The number of benzene rings is 2. The van der Waals surface area contributed by atoms with E-state index in [2.05, 4.69) is 46.7 Å². The Morgan fingerprint density at radius 1 is 0.967 bits per heavy atom. The Bertz CT molecular complexity index is 1170. The van der Waals surface area contributed by atoms with E-state index in [9.17, 15) is 4.79 Å². The first-order valence-corrected chi connectivity index (χ1v) is 9.95. The summed E-state index contributed by atoms with van der Waals surface area (Å²) in [4.78, 5) is 12.6. The Kier molecular flexibility index (Phi) is 5.48. The standard InChI is InChI=1S/C24H25N5O/c1-17-5-4-6-21(11-17)14-28-16-23(13-25-28)26-24(30)22-9-7-20(8-10-22)15-29-19(3)12-18(2)27-29/h4-13,16H,14-15H2,1-3H3,(H,26,30). The number of aryl methyl sites for hydroxylation is 3. The van der Waals surface area contributed by atoms with Crippen molar-refractivity contribution in [3.8, 4) is 0 Å². The monoisotopic (exact) mass is 399 g/mol. The second-order valence-corrected chi connectivity index (χ2v) is 7.65. The highest BCUT2D eigenvalue weighted by atomic mass is 16.1. The molecule has 152 valence electrons. The molecule has 6 heteroatoms. The largest absolute Gasteiger partial charge is 0.319 e. The molecule has 0 atom stereocenters. The summed E-state index contributed by atoms with van der Waals surface area (Å²) in [5.41, 5.74) is 6.91. The fourth-order valence-corrected chi connectivity index (χ4v) is 3.48. The summed E-state index contributed by atoms with van der Waals surface area (Å²) in [5, 5.41) is 11.8. The SMILES string of the molecule is Cc1cccc(Cn2cc(NC(=O)c3ccc(Cn4nc(C)cc4C)cc3)cn2)c1. The summed E-state index contributed by atoms with van der Waals surface area (Å²) in [5.74, 6) is -0.150. The molecule has 0 saturated carbocycles. The molecule has 0 saturated heterocycles. The number of nitrogens with zero attached hydrogens (tertiary/aromatic N) is 4. The van der Waals surface area contributed by atoms with Gasteiger partial charge in [-0.1, -0.05) is 42.0 Å². The summed E-state index contributed by atoms with van der Waals surface area (Å²) in [6.07, 6.45) is 3.52. The third kappa shape index (κ3) is 4.66. The topological polar surface area (TPSA) is 64.7 Å². The maximum absolute atomic E-state index is 12.6. The Labute approximate surface area is 176 Å². The van der Waals surface area contributed by atoms with Crippen LogP contribution in [0.15, 0.2) is 67.0 Å². The van der Waals surface area contributed by atoms with Crippen molar-refractivity contribution in [3.05, 3.63) is 101 Å². The van der Waals surface area contributed by atoms with Gasteiger partial charge in [0.2, 0.25) is 0 Å². The molecule has 30 heavy (non-hydrogen) atoms. The number of amides is 1. The molecule has 0 aliphatic carbocycles. The molecule has 0 bridgehead atoms. The molecular weight excluding hydrogens is 374 g/mol. The molecule has 0 radical (unpaired) electrons. The van der Waals surface area contributed by atoms with Gasteiger partial charge in [-0.3, -0.25) is 14.2 Å². The van der Waals surface area contributed by atoms with E-state index in [1.807, 2.05) is 59.7 Å². The van der Waals surface area contributed by atoms with Crippen molar-refractivity contribution in [2.45, 2.75) is 33.9 Å². The van der Waals surface area contributed by atoms with Crippen LogP contribution in [-0.2, 0) is 13.1 Å². The van der Waals surface area contributed by atoms with E-state index in [4.69, 9.17) is 0 Å². The van der Waals surface area contributed by atoms with Crippen LogP contribution in [0.25, 0.3) is 0 Å². The average molecular weight is 399 g/mol. The number of carbonyl (C=O) groups is 1. The maximum atomic E-state index is 12.6. The Balaban J connectivity index is 1.38. The van der Waals surface area contributed by atoms with Crippen molar-refractivity contribution in [1.29, 1.82) is 0 Å². The van der Waals surface area contributed by atoms with Crippen LogP contribution in [0.2, 0.25) is 0 Å². The lowest BCUT2D eigenvalue weighted by Crippen LogP contribution is -2.12. The molecule has 0 aliphatic rings. The second kappa shape index (κ2) is 8.37. The maximum Gasteiger partial charge on any atom is 0.255 e. The average Bonchev–Trinajstić information content (AvgIpc) is 3.27. The number of nitrogens with one attached hydrogen (secondary N) is 1. The van der Waals surface area contributed by atoms with Crippen molar-refractivity contribution < 1.29 is 4.79 Å². The van der Waals surface area contributed by atoms with Gasteiger partial charge < -0.3 is 5.32 Å². The summed E-state index contributed by atoms with van der Waals surface area (Å²) >= 11 is 0. The normalized spacial score (nSPS) is 10.9. The Morgan fingerprint density at radius 3 is 2.47 bits per heavy atom. The lowest BCUT2D eigenvalue weighted by atomic mass is 10.1. The summed E-state index contributed by atoms with van der Waals surface area (Å²) in [6.45, 7) is 7.45. The highest BCUT2D eigenvalue weighted by Crippen LogP contribution is 2.13. The molecule has 4 rings (SSSR count). The van der Waals surface area contributed by atoms with Crippen LogP contribution in [0, 0.1) is 20.8 Å². The van der Waals surface area contributed by atoms with Crippen LogP contribution < -0.4 is 5.32 Å². The van der Waals surface area contributed by atoms with Crippen molar-refractivity contribution in [2.24, 2.45) is 0 Å². The van der Waals surface area contributed by atoms with Gasteiger partial charge in [0.25, 0.3) is 5.91 Å². The first-order chi connectivity index (χ1) is 14.5. The van der Waals surface area contributed by atoms with Gasteiger partial charge >= 0.3 is 0 Å². The van der Waals surface area contributed by atoms with E-state index in [-0.39, 0.29) is 5.91 Å². The predicted octanol–water partition coefficient (Wildman–Crippen LogP) is 4.35. The van der Waals surface area contributed by atoms with Crippen molar-refractivity contribution in [1.82, 2.24) is 19.6 Å². The van der Waals surface area contributed by atoms with Gasteiger partial charge in [0, 0.05) is 17.5 Å². The Morgan fingerprint density at radius 2 is 1.77 bits per heavy atom. The minimum atomic E-state index is -0.150. The summed E-state index contributed by atoms with van der Waals surface area (Å²) in [6, 6.07) is 18.0. The third-order valence-electron chi connectivity index (χ3n) is 4.97. The van der Waals surface area contributed by atoms with E-state index >= 15 is 0 Å². The highest BCUT2D eigenvalue weighted by molar-refractivity contribution is 6.04. The van der Waals surface area contributed by atoms with Crippen LogP contribution >= 0.6 is 0 Å². The van der Waals surface area contributed by atoms with Crippen molar-refractivity contribution >= 4 is 11.6 Å². The number of hydrogen-bond acceptors (Lipinski definition) is 3. The van der Waals surface area contributed by atoms with Crippen LogP contribution in [0.3, 0.4) is 0 Å². The molecular formula is C24H25N5O. The van der Waals surface area contributed by atoms with E-state index in [1.165, 1.54) is 11.1 Å². The summed E-state index contributed by atoms with van der Waals surface area (Å²) in [7, 11) is 0. The number of carbonyl (C=O) groups excluding carboxylic acids is 1. The molecule has 4 aromatic rings. The number of aromatic nitrogens is 4. The van der Waals surface area contributed by atoms with Crippen LogP contribution in [-0.4, -0.2) is 25.5 Å². The van der Waals surface area contributed by atoms with Gasteiger partial charge in [-0.25, -0.2) is 0 Å². The molecule has 6 nitrogen and oxygen atoms in total. The first kappa shape index (κ1) is 19.6. The Hall–Kier alpha value is -3.67. The molecule has 0 aliphatic heterocycles. The molecule has 0 unspecified atom stereocenters. The molecule has 2 aromatic heterocycles. The quantitative estimate of drug-likeness (QED) is 0.524. The molecule has 1 amide bonds. The van der Waals surface area contributed by atoms with E-state index in [0.717, 1.165) is 17.0 Å². The molecule has 0 fully saturated rings. The summed E-state index contributed by atoms with van der Waals surface area (Å²) < 4.78 is 3.79. The number of rotatable bonds is 6. The lowest BCUT2D eigenvalue weighted by Gasteiger charge is -2.07. The zero-order valence-corrected chi connectivity index (χ0v) is 17.5. The van der Waals surface area contributed by atoms with Crippen molar-refractivity contribution in [2.75, 3.05) is 5.32 Å². The molecule has 0 spiro atoms. The molecule has 2 aromatic carbocycles. The highest BCUT2D eigenvalue weighted by Gasteiger charge is 2.09. The second-order valence-electron chi connectivity index (χ2n) is 7.65. The minimum absolute atomic E-state index is 0.150. The van der Waals surface area contributed by atoms with Crippen LogP contribution in [0.1, 0.15) is 38.4 Å². The van der Waals surface area contributed by atoms with Gasteiger partial charge in [-0.15, -0.1) is 0 Å². The molecule has 1 N–H and O–H groups in total. The number of anilines is 1.